The highest BCUT2D eigenvalue weighted by atomic mass is 127. The number of nitrogens with two attached hydrogens (primary N) is 1. The summed E-state index contributed by atoms with van der Waals surface area (Å²) in [6.45, 7) is 2.01. The number of halogens is 1. The van der Waals surface area contributed by atoms with Crippen LogP contribution < -0.4 is 5.73 Å². The van der Waals surface area contributed by atoms with Crippen LogP contribution in [0.2, 0.25) is 0 Å². The van der Waals surface area contributed by atoms with Crippen molar-refractivity contribution in [1.82, 2.24) is 9.78 Å². The number of rotatable bonds is 2. The summed E-state index contributed by atoms with van der Waals surface area (Å²) < 4.78 is 8.51. The second-order valence-corrected chi connectivity index (χ2v) is 5.49. The lowest BCUT2D eigenvalue weighted by molar-refractivity contribution is 0.0512. The molecule has 16 heavy (non-hydrogen) atoms. The smallest absolute Gasteiger partial charge is 0.135 e. The zero-order valence-electron chi connectivity index (χ0n) is 9.74. The lowest BCUT2D eigenvalue weighted by Crippen LogP contribution is -2.25. The summed E-state index contributed by atoms with van der Waals surface area (Å²) >= 11 is 2.26. The Labute approximate surface area is 110 Å². The molecular formula is C11H18IN3O. The van der Waals surface area contributed by atoms with Crippen molar-refractivity contribution in [2.45, 2.75) is 44.8 Å². The summed E-state index contributed by atoms with van der Waals surface area (Å²) in [6, 6.07) is 0.404. The van der Waals surface area contributed by atoms with Crippen molar-refractivity contribution < 1.29 is 4.74 Å². The average Bonchev–Trinajstić information content (AvgIpc) is 2.57. The van der Waals surface area contributed by atoms with E-state index >= 15 is 0 Å². The summed E-state index contributed by atoms with van der Waals surface area (Å²) in [4.78, 5) is 0. The third-order valence-corrected chi connectivity index (χ3v) is 4.66. The van der Waals surface area contributed by atoms with Crippen LogP contribution in [0.15, 0.2) is 0 Å². The average molecular weight is 335 g/mol. The van der Waals surface area contributed by atoms with Crippen molar-refractivity contribution in [3.8, 4) is 0 Å². The molecule has 1 heterocycles. The minimum atomic E-state index is 0.361. The molecule has 1 aliphatic carbocycles. The van der Waals surface area contributed by atoms with E-state index < -0.39 is 0 Å². The van der Waals surface area contributed by atoms with Gasteiger partial charge >= 0.3 is 0 Å². The Bertz CT molecular complexity index is 378. The fourth-order valence-electron chi connectivity index (χ4n) is 2.38. The van der Waals surface area contributed by atoms with Gasteiger partial charge in [0.2, 0.25) is 0 Å². The van der Waals surface area contributed by atoms with E-state index in [1.165, 1.54) is 6.42 Å². The molecule has 1 aromatic rings. The van der Waals surface area contributed by atoms with E-state index in [0.29, 0.717) is 12.1 Å². The second-order valence-electron chi connectivity index (χ2n) is 4.41. The maximum Gasteiger partial charge on any atom is 0.135 e. The number of aryl methyl sites for hydroxylation is 1. The Morgan fingerprint density at radius 1 is 1.50 bits per heavy atom. The molecule has 1 aliphatic rings. The van der Waals surface area contributed by atoms with Gasteiger partial charge in [0.25, 0.3) is 0 Å². The van der Waals surface area contributed by atoms with Gasteiger partial charge < -0.3 is 10.5 Å². The van der Waals surface area contributed by atoms with Gasteiger partial charge in [0.05, 0.1) is 21.4 Å². The van der Waals surface area contributed by atoms with Gasteiger partial charge in [0.15, 0.2) is 0 Å². The third-order valence-electron chi connectivity index (χ3n) is 3.32. The molecular weight excluding hydrogens is 317 g/mol. The number of ether oxygens (including phenoxy) is 1. The topological polar surface area (TPSA) is 53.1 Å². The molecule has 4 nitrogen and oxygen atoms in total. The molecule has 0 aliphatic heterocycles. The Morgan fingerprint density at radius 3 is 2.81 bits per heavy atom. The normalized spacial score (nSPS) is 25.9. The van der Waals surface area contributed by atoms with E-state index in [4.69, 9.17) is 10.5 Å². The SMILES string of the molecule is COC1CCCC(n2nc(C)c(I)c2N)C1. The summed E-state index contributed by atoms with van der Waals surface area (Å²) in [5.74, 6) is 0.805. The molecule has 1 fully saturated rings. The van der Waals surface area contributed by atoms with Crippen LogP contribution in [-0.2, 0) is 4.74 Å². The van der Waals surface area contributed by atoms with Crippen molar-refractivity contribution in [3.63, 3.8) is 0 Å². The second kappa shape index (κ2) is 4.91. The predicted molar refractivity (Wildman–Crippen MR) is 72.4 cm³/mol. The van der Waals surface area contributed by atoms with Crippen LogP contribution in [0, 0.1) is 10.5 Å². The van der Waals surface area contributed by atoms with Crippen molar-refractivity contribution in [2.24, 2.45) is 0 Å². The summed E-state index contributed by atoms with van der Waals surface area (Å²) in [6.07, 6.45) is 4.89. The van der Waals surface area contributed by atoms with Gasteiger partial charge in [0.1, 0.15) is 5.82 Å². The first-order chi connectivity index (χ1) is 7.63. The number of nitrogen functional groups attached to an aromatic ring is 1. The zero-order valence-corrected chi connectivity index (χ0v) is 11.9. The Balaban J connectivity index is 2.20. The summed E-state index contributed by atoms with van der Waals surface area (Å²) in [5, 5.41) is 4.53. The van der Waals surface area contributed by atoms with Crippen molar-refractivity contribution in [2.75, 3.05) is 12.8 Å². The van der Waals surface area contributed by atoms with E-state index in [0.717, 1.165) is 34.3 Å². The molecule has 2 atom stereocenters. The van der Waals surface area contributed by atoms with Crippen LogP contribution in [-0.4, -0.2) is 23.0 Å². The van der Waals surface area contributed by atoms with Gasteiger partial charge in [-0.2, -0.15) is 5.10 Å². The summed E-state index contributed by atoms with van der Waals surface area (Å²) in [5.41, 5.74) is 7.10. The van der Waals surface area contributed by atoms with Crippen LogP contribution in [0.4, 0.5) is 5.82 Å². The predicted octanol–water partition coefficient (Wildman–Crippen LogP) is 2.51. The third kappa shape index (κ3) is 2.20. The number of hydrogen-bond donors (Lipinski definition) is 1. The molecule has 0 radical (unpaired) electrons. The van der Waals surface area contributed by atoms with Crippen molar-refractivity contribution in [3.05, 3.63) is 9.26 Å². The molecule has 0 bridgehead atoms. The number of methoxy groups -OCH3 is 1. The minimum Gasteiger partial charge on any atom is -0.383 e. The molecule has 5 heteroatoms. The van der Waals surface area contributed by atoms with E-state index in [1.54, 1.807) is 7.11 Å². The van der Waals surface area contributed by atoms with Gasteiger partial charge in [-0.25, -0.2) is 4.68 Å². The quantitative estimate of drug-likeness (QED) is 0.845. The van der Waals surface area contributed by atoms with Crippen LogP contribution in [0.1, 0.15) is 37.4 Å². The Kier molecular flexibility index (Phi) is 3.73. The van der Waals surface area contributed by atoms with Gasteiger partial charge in [-0.05, 0) is 55.2 Å². The monoisotopic (exact) mass is 335 g/mol. The molecule has 2 N–H and O–H groups in total. The molecule has 0 aromatic carbocycles. The number of nitrogens with zero attached hydrogens (tertiary/aromatic N) is 2. The van der Waals surface area contributed by atoms with Crippen LogP contribution in [0.3, 0.4) is 0 Å². The van der Waals surface area contributed by atoms with Gasteiger partial charge in [-0.1, -0.05) is 0 Å². The van der Waals surface area contributed by atoms with Crippen molar-refractivity contribution >= 4 is 28.4 Å². The van der Waals surface area contributed by atoms with E-state index in [2.05, 4.69) is 27.7 Å². The molecule has 0 saturated heterocycles. The first kappa shape index (κ1) is 12.2. The highest BCUT2D eigenvalue weighted by Gasteiger charge is 2.26. The zero-order chi connectivity index (χ0) is 11.7. The van der Waals surface area contributed by atoms with Crippen LogP contribution in [0.25, 0.3) is 0 Å². The Morgan fingerprint density at radius 2 is 2.25 bits per heavy atom. The molecule has 2 rings (SSSR count). The number of anilines is 1. The molecule has 0 spiro atoms. The van der Waals surface area contributed by atoms with Crippen LogP contribution in [0.5, 0.6) is 0 Å². The van der Waals surface area contributed by atoms with E-state index in [1.807, 2.05) is 11.6 Å². The van der Waals surface area contributed by atoms with Gasteiger partial charge in [-0.15, -0.1) is 0 Å². The van der Waals surface area contributed by atoms with E-state index in [-0.39, 0.29) is 0 Å². The molecule has 0 amide bonds. The maximum absolute atomic E-state index is 6.07. The molecule has 1 aromatic heterocycles. The first-order valence-electron chi connectivity index (χ1n) is 5.66. The van der Waals surface area contributed by atoms with Gasteiger partial charge in [0, 0.05) is 7.11 Å². The van der Waals surface area contributed by atoms with E-state index in [9.17, 15) is 0 Å². The summed E-state index contributed by atoms with van der Waals surface area (Å²) in [7, 11) is 1.79. The lowest BCUT2D eigenvalue weighted by Gasteiger charge is -2.28. The molecule has 2 unspecified atom stereocenters. The molecule has 1 saturated carbocycles. The fraction of sp³-hybridized carbons (Fsp3) is 0.727. The fourth-order valence-corrected chi connectivity index (χ4v) is 2.74. The van der Waals surface area contributed by atoms with Crippen molar-refractivity contribution in [1.29, 1.82) is 0 Å². The highest BCUT2D eigenvalue weighted by Crippen LogP contribution is 2.33. The van der Waals surface area contributed by atoms with Gasteiger partial charge in [-0.3, -0.25) is 0 Å². The minimum absolute atomic E-state index is 0.361. The number of hydrogen-bond acceptors (Lipinski definition) is 3. The van der Waals surface area contributed by atoms with Crippen LogP contribution >= 0.6 is 22.6 Å². The lowest BCUT2D eigenvalue weighted by atomic mass is 9.93. The Hall–Kier alpha value is -0.300. The standard InChI is InChI=1S/C11H18IN3O/c1-7-10(12)11(13)15(14-7)8-4-3-5-9(6-8)16-2/h8-9H,3-6,13H2,1-2H3. The maximum atomic E-state index is 6.07. The highest BCUT2D eigenvalue weighted by molar-refractivity contribution is 14.1. The molecule has 90 valence electrons. The number of aromatic nitrogens is 2. The first-order valence-corrected chi connectivity index (χ1v) is 6.74. The largest absolute Gasteiger partial charge is 0.383 e.